The van der Waals surface area contributed by atoms with Crippen molar-refractivity contribution in [3.8, 4) is 5.75 Å². The number of halogens is 1. The first-order valence-electron chi connectivity index (χ1n) is 5.37. The van der Waals surface area contributed by atoms with E-state index >= 15 is 0 Å². The van der Waals surface area contributed by atoms with Gasteiger partial charge in [0.1, 0.15) is 11.9 Å². The molecule has 1 aromatic rings. The van der Waals surface area contributed by atoms with Crippen LogP contribution in [-0.2, 0) is 19.9 Å². The third-order valence-corrected chi connectivity index (χ3v) is 5.66. The van der Waals surface area contributed by atoms with Crippen LogP contribution in [0, 0.1) is 0 Å². The Morgan fingerprint density at radius 2 is 2.05 bits per heavy atom. The Hall–Kier alpha value is -0.830. The maximum absolute atomic E-state index is 11.3. The number of benzene rings is 1. The molecule has 0 saturated carbocycles. The topological polar surface area (TPSA) is 104 Å². The summed E-state index contributed by atoms with van der Waals surface area (Å²) in [5, 5.41) is 5.05. The van der Waals surface area contributed by atoms with Gasteiger partial charge in [0.25, 0.3) is 0 Å². The first-order chi connectivity index (χ1) is 8.67. The Balaban J connectivity index is 2.19. The quantitative estimate of drug-likeness (QED) is 0.874. The monoisotopic (exact) mass is 325 g/mol. The molecule has 0 spiro atoms. The van der Waals surface area contributed by atoms with Gasteiger partial charge in [-0.2, -0.15) is 0 Å². The zero-order valence-electron chi connectivity index (χ0n) is 9.74. The molecule has 0 aromatic heterocycles. The van der Waals surface area contributed by atoms with Crippen LogP contribution in [0.3, 0.4) is 0 Å². The summed E-state index contributed by atoms with van der Waals surface area (Å²) in [6.07, 6.45) is -0.0573. The van der Waals surface area contributed by atoms with Crippen molar-refractivity contribution >= 4 is 31.5 Å². The fourth-order valence-corrected chi connectivity index (χ4v) is 4.21. The molecule has 0 bridgehead atoms. The first-order valence-corrected chi connectivity index (χ1v) is 9.11. The van der Waals surface area contributed by atoms with Crippen molar-refractivity contribution in [3.05, 3.63) is 23.2 Å². The number of sulfonamides is 1. The highest BCUT2D eigenvalue weighted by molar-refractivity contribution is 7.91. The molecule has 1 unspecified atom stereocenters. The second-order valence-electron chi connectivity index (χ2n) is 4.28. The van der Waals surface area contributed by atoms with Gasteiger partial charge < -0.3 is 4.74 Å². The van der Waals surface area contributed by atoms with Gasteiger partial charge in [-0.25, -0.2) is 22.0 Å². The normalized spacial score (nSPS) is 22.3. The molecule has 6 nitrogen and oxygen atoms in total. The molecule has 1 aromatic carbocycles. The number of hydrogen-bond donors (Lipinski definition) is 1. The van der Waals surface area contributed by atoms with Crippen molar-refractivity contribution < 1.29 is 21.6 Å². The molecule has 2 rings (SSSR count). The van der Waals surface area contributed by atoms with Gasteiger partial charge in [0.05, 0.1) is 21.4 Å². The fraction of sp³-hybridized carbons (Fsp3) is 0.400. The van der Waals surface area contributed by atoms with E-state index < -0.39 is 26.0 Å². The molecular formula is C10H12ClNO5S2. The minimum atomic E-state index is -3.82. The second-order valence-corrected chi connectivity index (χ2v) is 8.48. The summed E-state index contributed by atoms with van der Waals surface area (Å²) in [5.74, 6) is 0.279. The molecule has 1 atom stereocenters. The van der Waals surface area contributed by atoms with Gasteiger partial charge in [0.2, 0.25) is 10.0 Å². The van der Waals surface area contributed by atoms with Crippen LogP contribution in [0.4, 0.5) is 0 Å². The van der Waals surface area contributed by atoms with Gasteiger partial charge in [-0.1, -0.05) is 11.6 Å². The summed E-state index contributed by atoms with van der Waals surface area (Å²) >= 11 is 5.89. The highest BCUT2D eigenvalue weighted by Gasteiger charge is 2.29. The van der Waals surface area contributed by atoms with Gasteiger partial charge in [-0.3, -0.25) is 0 Å². The van der Waals surface area contributed by atoms with E-state index in [1.54, 1.807) is 0 Å². The van der Waals surface area contributed by atoms with Gasteiger partial charge >= 0.3 is 0 Å². The summed E-state index contributed by atoms with van der Waals surface area (Å²) in [4.78, 5) is -0.121. The fourth-order valence-electron chi connectivity index (χ4n) is 1.79. The molecule has 9 heteroatoms. The van der Waals surface area contributed by atoms with Crippen molar-refractivity contribution in [2.45, 2.75) is 17.4 Å². The Labute approximate surface area is 116 Å². The number of hydrogen-bond acceptors (Lipinski definition) is 5. The lowest BCUT2D eigenvalue weighted by Crippen LogP contribution is -2.18. The van der Waals surface area contributed by atoms with Crippen LogP contribution in [-0.4, -0.2) is 34.4 Å². The van der Waals surface area contributed by atoms with Crippen LogP contribution in [0.1, 0.15) is 6.42 Å². The highest BCUT2D eigenvalue weighted by Crippen LogP contribution is 2.29. The molecule has 19 heavy (non-hydrogen) atoms. The number of ether oxygens (including phenoxy) is 1. The zero-order valence-corrected chi connectivity index (χ0v) is 12.1. The SMILES string of the molecule is NS(=O)(=O)c1ccc(OC2CCS(=O)(=O)C2)c(Cl)c1. The van der Waals surface area contributed by atoms with Crippen LogP contribution < -0.4 is 9.88 Å². The van der Waals surface area contributed by atoms with E-state index in [0.717, 1.165) is 0 Å². The number of rotatable bonds is 3. The van der Waals surface area contributed by atoms with Crippen LogP contribution in [0.25, 0.3) is 0 Å². The summed E-state index contributed by atoms with van der Waals surface area (Å²) < 4.78 is 50.3. The highest BCUT2D eigenvalue weighted by atomic mass is 35.5. The molecule has 0 radical (unpaired) electrons. The Bertz CT molecular complexity index is 699. The maximum atomic E-state index is 11.3. The Morgan fingerprint density at radius 1 is 1.37 bits per heavy atom. The average molecular weight is 326 g/mol. The molecular weight excluding hydrogens is 314 g/mol. The Morgan fingerprint density at radius 3 is 2.53 bits per heavy atom. The number of primary sulfonamides is 1. The first kappa shape index (κ1) is 14.6. The summed E-state index contributed by atoms with van der Waals surface area (Å²) in [5.41, 5.74) is 0. The minimum Gasteiger partial charge on any atom is -0.488 e. The van der Waals surface area contributed by atoms with Gasteiger partial charge in [0, 0.05) is 0 Å². The van der Waals surface area contributed by atoms with Gasteiger partial charge in [0.15, 0.2) is 9.84 Å². The molecule has 2 N–H and O–H groups in total. The smallest absolute Gasteiger partial charge is 0.238 e. The molecule has 1 heterocycles. The lowest BCUT2D eigenvalue weighted by molar-refractivity contribution is 0.229. The predicted molar refractivity (Wildman–Crippen MR) is 70.5 cm³/mol. The molecule has 1 saturated heterocycles. The summed E-state index contributed by atoms with van der Waals surface area (Å²) in [6, 6.07) is 3.81. The van der Waals surface area contributed by atoms with E-state index in [-0.39, 0.29) is 27.2 Å². The lowest BCUT2D eigenvalue weighted by atomic mass is 10.3. The molecule has 0 amide bonds. The minimum absolute atomic E-state index is 0.0553. The van der Waals surface area contributed by atoms with Crippen molar-refractivity contribution in [1.29, 1.82) is 0 Å². The third kappa shape index (κ3) is 3.59. The van der Waals surface area contributed by atoms with Crippen LogP contribution in [0.2, 0.25) is 5.02 Å². The maximum Gasteiger partial charge on any atom is 0.238 e. The van der Waals surface area contributed by atoms with E-state index in [2.05, 4.69) is 0 Å². The molecule has 106 valence electrons. The van der Waals surface area contributed by atoms with Gasteiger partial charge in [-0.05, 0) is 24.6 Å². The second kappa shape index (κ2) is 4.93. The van der Waals surface area contributed by atoms with Crippen LogP contribution >= 0.6 is 11.6 Å². The molecule has 1 fully saturated rings. The van der Waals surface area contributed by atoms with Crippen LogP contribution in [0.5, 0.6) is 5.75 Å². The largest absolute Gasteiger partial charge is 0.488 e. The summed E-state index contributed by atoms with van der Waals surface area (Å²) in [6.45, 7) is 0. The molecule has 0 aliphatic carbocycles. The van der Waals surface area contributed by atoms with Gasteiger partial charge in [-0.15, -0.1) is 0 Å². The van der Waals surface area contributed by atoms with Crippen LogP contribution in [0.15, 0.2) is 23.1 Å². The number of sulfone groups is 1. The van der Waals surface area contributed by atoms with E-state index in [1.807, 2.05) is 0 Å². The molecule has 1 aliphatic rings. The van der Waals surface area contributed by atoms with Crippen molar-refractivity contribution in [2.75, 3.05) is 11.5 Å². The zero-order chi connectivity index (χ0) is 14.3. The Kier molecular flexibility index (Phi) is 3.78. The standard InChI is InChI=1S/C10H12ClNO5S2/c11-9-5-8(19(12,15)16)1-2-10(9)17-7-3-4-18(13,14)6-7/h1-2,5,7H,3-4,6H2,(H2,12,15,16). The van der Waals surface area contributed by atoms with Crippen molar-refractivity contribution in [1.82, 2.24) is 0 Å². The third-order valence-electron chi connectivity index (χ3n) is 2.72. The van der Waals surface area contributed by atoms with Crippen molar-refractivity contribution in [2.24, 2.45) is 5.14 Å². The van der Waals surface area contributed by atoms with Crippen molar-refractivity contribution in [3.63, 3.8) is 0 Å². The predicted octanol–water partition coefficient (Wildman–Crippen LogP) is 0.553. The molecule has 1 aliphatic heterocycles. The van der Waals surface area contributed by atoms with E-state index in [1.165, 1.54) is 18.2 Å². The average Bonchev–Trinajstić information content (AvgIpc) is 2.59. The lowest BCUT2D eigenvalue weighted by Gasteiger charge is -2.13. The van der Waals surface area contributed by atoms with E-state index in [9.17, 15) is 16.8 Å². The number of nitrogens with two attached hydrogens (primary N) is 1. The summed E-state index contributed by atoms with van der Waals surface area (Å²) in [7, 11) is -6.87. The van der Waals surface area contributed by atoms with E-state index in [4.69, 9.17) is 21.5 Å². The van der Waals surface area contributed by atoms with E-state index in [0.29, 0.717) is 6.42 Å².